The Kier molecular flexibility index (Phi) is 3.32. The maximum absolute atomic E-state index is 11.8. The Morgan fingerprint density at radius 1 is 1.38 bits per heavy atom. The fraction of sp³-hybridized carbons (Fsp3) is 0.615. The molecule has 1 saturated carbocycles. The minimum atomic E-state index is -0.646. The number of allylic oxidation sites excluding steroid dienone is 1. The lowest BCUT2D eigenvalue weighted by molar-refractivity contribution is -0.228. The van der Waals surface area contributed by atoms with Crippen LogP contribution in [0.5, 0.6) is 0 Å². The van der Waals surface area contributed by atoms with Gasteiger partial charge < -0.3 is 9.47 Å². The van der Waals surface area contributed by atoms with Gasteiger partial charge in [-0.05, 0) is 25.7 Å². The highest BCUT2D eigenvalue weighted by atomic mass is 16.7. The number of esters is 1. The lowest BCUT2D eigenvalue weighted by Gasteiger charge is -2.38. The van der Waals surface area contributed by atoms with Gasteiger partial charge in [-0.15, -0.1) is 6.58 Å². The van der Waals surface area contributed by atoms with Gasteiger partial charge in [-0.1, -0.05) is 12.5 Å². The predicted molar refractivity (Wildman–Crippen MR) is 60.5 cm³/mol. The second-order valence-corrected chi connectivity index (χ2v) is 4.45. The van der Waals surface area contributed by atoms with Crippen LogP contribution in [0, 0.1) is 0 Å². The van der Waals surface area contributed by atoms with Crippen LogP contribution in [0.2, 0.25) is 0 Å². The summed E-state index contributed by atoms with van der Waals surface area (Å²) in [5.41, 5.74) is 0.621. The van der Waals surface area contributed by atoms with E-state index in [0.29, 0.717) is 12.0 Å². The molecule has 2 rings (SSSR count). The van der Waals surface area contributed by atoms with Crippen molar-refractivity contribution >= 4 is 5.97 Å². The smallest absolute Gasteiger partial charge is 0.340 e. The van der Waals surface area contributed by atoms with Crippen LogP contribution in [0.25, 0.3) is 0 Å². The molecule has 0 amide bonds. The Bertz CT molecular complexity index is 311. The summed E-state index contributed by atoms with van der Waals surface area (Å²) in [6.07, 6.45) is 9.81. The van der Waals surface area contributed by atoms with Gasteiger partial charge in [0.05, 0.1) is 11.8 Å². The number of ether oxygens (including phenoxy) is 2. The van der Waals surface area contributed by atoms with Crippen molar-refractivity contribution in [3.05, 3.63) is 24.5 Å². The monoisotopic (exact) mass is 222 g/mol. The first-order chi connectivity index (χ1) is 7.76. The van der Waals surface area contributed by atoms with Gasteiger partial charge in [0.25, 0.3) is 5.79 Å². The second-order valence-electron chi connectivity index (χ2n) is 4.45. The molecule has 0 aromatic rings. The van der Waals surface area contributed by atoms with Crippen molar-refractivity contribution in [2.75, 3.05) is 0 Å². The van der Waals surface area contributed by atoms with Gasteiger partial charge in [0.2, 0.25) is 0 Å². The fourth-order valence-electron chi connectivity index (χ4n) is 2.21. The number of carbonyl (C=O) groups is 1. The molecule has 0 aromatic carbocycles. The highest BCUT2D eigenvalue weighted by Crippen LogP contribution is 2.36. The maximum atomic E-state index is 11.8. The lowest BCUT2D eigenvalue weighted by Crippen LogP contribution is -2.41. The molecule has 1 fully saturated rings. The van der Waals surface area contributed by atoms with Crippen LogP contribution < -0.4 is 0 Å². The third kappa shape index (κ3) is 2.29. The largest absolute Gasteiger partial charge is 0.459 e. The van der Waals surface area contributed by atoms with Crippen molar-refractivity contribution in [2.45, 2.75) is 50.7 Å². The van der Waals surface area contributed by atoms with E-state index in [-0.39, 0.29) is 5.97 Å². The first-order valence-corrected chi connectivity index (χ1v) is 5.97. The molecule has 2 aliphatic rings. The molecule has 1 aliphatic carbocycles. The molecule has 0 aromatic heterocycles. The average molecular weight is 222 g/mol. The zero-order valence-electron chi connectivity index (χ0n) is 9.54. The van der Waals surface area contributed by atoms with Crippen molar-refractivity contribution < 1.29 is 14.3 Å². The van der Waals surface area contributed by atoms with E-state index in [1.54, 1.807) is 12.3 Å². The third-order valence-corrected chi connectivity index (χ3v) is 3.19. The quantitative estimate of drug-likeness (QED) is 0.543. The summed E-state index contributed by atoms with van der Waals surface area (Å²) in [7, 11) is 0. The normalized spacial score (nSPS) is 23.2. The van der Waals surface area contributed by atoms with Crippen LogP contribution in [0.15, 0.2) is 24.5 Å². The zero-order valence-corrected chi connectivity index (χ0v) is 9.54. The Balaban J connectivity index is 2.01. The molecule has 3 nitrogen and oxygen atoms in total. The molecule has 0 atom stereocenters. The van der Waals surface area contributed by atoms with Gasteiger partial charge in [-0.2, -0.15) is 0 Å². The molecule has 0 bridgehead atoms. The summed E-state index contributed by atoms with van der Waals surface area (Å²) in [6.45, 7) is 3.63. The molecule has 88 valence electrons. The SMILES string of the molecule is C=CCCC1=COC2(CCCCC2)OC1=O. The Morgan fingerprint density at radius 2 is 2.12 bits per heavy atom. The number of hydrogen-bond acceptors (Lipinski definition) is 3. The molecule has 3 heteroatoms. The molecular weight excluding hydrogens is 204 g/mol. The summed E-state index contributed by atoms with van der Waals surface area (Å²) >= 11 is 0. The van der Waals surface area contributed by atoms with Gasteiger partial charge in [-0.25, -0.2) is 4.79 Å². The van der Waals surface area contributed by atoms with Crippen molar-refractivity contribution in [1.29, 1.82) is 0 Å². The first kappa shape index (κ1) is 11.2. The van der Waals surface area contributed by atoms with Crippen LogP contribution in [0.4, 0.5) is 0 Å². The first-order valence-electron chi connectivity index (χ1n) is 5.97. The van der Waals surface area contributed by atoms with Crippen LogP contribution in [0.3, 0.4) is 0 Å². The van der Waals surface area contributed by atoms with Gasteiger partial charge in [-0.3, -0.25) is 0 Å². The molecule has 16 heavy (non-hydrogen) atoms. The predicted octanol–water partition coefficient (Wildman–Crippen LogP) is 3.07. The molecule has 1 spiro atoms. The molecule has 0 radical (unpaired) electrons. The van der Waals surface area contributed by atoms with E-state index in [1.807, 2.05) is 0 Å². The molecule has 1 heterocycles. The van der Waals surface area contributed by atoms with Crippen LogP contribution >= 0.6 is 0 Å². The van der Waals surface area contributed by atoms with E-state index in [0.717, 1.165) is 32.1 Å². The van der Waals surface area contributed by atoms with Crippen molar-refractivity contribution in [3.63, 3.8) is 0 Å². The highest BCUT2D eigenvalue weighted by Gasteiger charge is 2.40. The summed E-state index contributed by atoms with van der Waals surface area (Å²) in [4.78, 5) is 11.8. The highest BCUT2D eigenvalue weighted by molar-refractivity contribution is 5.89. The standard InChI is InChI=1S/C13H18O3/c1-2-3-7-11-10-15-13(16-12(11)14)8-5-4-6-9-13/h2,10H,1,3-9H2. The van der Waals surface area contributed by atoms with Crippen LogP contribution in [0.1, 0.15) is 44.9 Å². The zero-order chi connectivity index (χ0) is 11.4. The van der Waals surface area contributed by atoms with Crippen molar-refractivity contribution in [3.8, 4) is 0 Å². The second kappa shape index (κ2) is 4.73. The van der Waals surface area contributed by atoms with E-state index in [2.05, 4.69) is 6.58 Å². The molecule has 0 N–H and O–H groups in total. The number of hydrogen-bond donors (Lipinski definition) is 0. The summed E-state index contributed by atoms with van der Waals surface area (Å²) < 4.78 is 11.1. The van der Waals surface area contributed by atoms with Gasteiger partial charge in [0, 0.05) is 12.8 Å². The summed E-state index contributed by atoms with van der Waals surface area (Å²) in [5.74, 6) is -0.859. The lowest BCUT2D eigenvalue weighted by atomic mass is 9.93. The van der Waals surface area contributed by atoms with Gasteiger partial charge >= 0.3 is 5.97 Å². The van der Waals surface area contributed by atoms with Crippen LogP contribution in [-0.2, 0) is 14.3 Å². The minimum absolute atomic E-state index is 0.213. The number of carbonyl (C=O) groups excluding carboxylic acids is 1. The average Bonchev–Trinajstić information content (AvgIpc) is 2.29. The topological polar surface area (TPSA) is 35.5 Å². The molecule has 0 unspecified atom stereocenters. The van der Waals surface area contributed by atoms with Gasteiger partial charge in [0.1, 0.15) is 0 Å². The Hall–Kier alpha value is -1.25. The summed E-state index contributed by atoms with van der Waals surface area (Å²) in [5, 5.41) is 0. The molecular formula is C13H18O3. The van der Waals surface area contributed by atoms with E-state index in [4.69, 9.17) is 9.47 Å². The van der Waals surface area contributed by atoms with Crippen LogP contribution in [-0.4, -0.2) is 11.8 Å². The third-order valence-electron chi connectivity index (χ3n) is 3.19. The maximum Gasteiger partial charge on any atom is 0.340 e. The minimum Gasteiger partial charge on any atom is -0.459 e. The Labute approximate surface area is 96.1 Å². The van der Waals surface area contributed by atoms with Crippen molar-refractivity contribution in [1.82, 2.24) is 0 Å². The summed E-state index contributed by atoms with van der Waals surface area (Å²) in [6, 6.07) is 0. The number of rotatable bonds is 3. The fourth-order valence-corrected chi connectivity index (χ4v) is 2.21. The van der Waals surface area contributed by atoms with E-state index in [9.17, 15) is 4.79 Å². The molecule has 1 aliphatic heterocycles. The molecule has 0 saturated heterocycles. The van der Waals surface area contributed by atoms with E-state index < -0.39 is 5.79 Å². The van der Waals surface area contributed by atoms with E-state index >= 15 is 0 Å². The van der Waals surface area contributed by atoms with E-state index in [1.165, 1.54) is 6.42 Å². The Morgan fingerprint density at radius 3 is 2.75 bits per heavy atom. The van der Waals surface area contributed by atoms with Crippen molar-refractivity contribution in [2.24, 2.45) is 0 Å². The van der Waals surface area contributed by atoms with Gasteiger partial charge in [0.15, 0.2) is 0 Å².